The molecular weight excluding hydrogens is 434 g/mol. The molecule has 0 fully saturated rings. The average molecular weight is 460 g/mol. The van der Waals surface area contributed by atoms with E-state index in [1.165, 1.54) is 25.0 Å². The maximum atomic E-state index is 11.3. The molecule has 2 aromatic carbocycles. The number of aromatic nitrogens is 3. The lowest BCUT2D eigenvalue weighted by Gasteiger charge is -2.15. The molecule has 3 N–H and O–H groups in total. The van der Waals surface area contributed by atoms with Gasteiger partial charge in [0.25, 0.3) is 0 Å². The summed E-state index contributed by atoms with van der Waals surface area (Å²) in [4.78, 5) is 26.5. The Morgan fingerprint density at radius 3 is 2.52 bits per heavy atom. The number of rotatable bonds is 6. The van der Waals surface area contributed by atoms with Gasteiger partial charge in [0.1, 0.15) is 17.9 Å². The third kappa shape index (κ3) is 5.23. The third-order valence-electron chi connectivity index (χ3n) is 5.06. The molecule has 4 rings (SSSR count). The lowest BCUT2D eigenvalue weighted by Crippen LogP contribution is -2.05. The Hall–Kier alpha value is -3.65. The quantitative estimate of drug-likeness (QED) is 0.303. The zero-order valence-corrected chi connectivity index (χ0v) is 19.7. The van der Waals surface area contributed by atoms with E-state index in [1.807, 2.05) is 49.4 Å². The predicted octanol–water partition coefficient (Wildman–Crippen LogP) is 6.02. The van der Waals surface area contributed by atoms with E-state index in [0.717, 1.165) is 37.8 Å². The number of anilines is 3. The molecule has 2 heterocycles. The van der Waals surface area contributed by atoms with Gasteiger partial charge in [0.15, 0.2) is 5.65 Å². The largest absolute Gasteiger partial charge is 0.508 e. The Kier molecular flexibility index (Phi) is 6.46. The van der Waals surface area contributed by atoms with E-state index in [0.29, 0.717) is 17.4 Å². The van der Waals surface area contributed by atoms with Gasteiger partial charge in [-0.1, -0.05) is 25.6 Å². The number of fused-ring (bicyclic) bond motifs is 1. The number of aryl methyl sites for hydroxylation is 1. The molecule has 2 aromatic heterocycles. The summed E-state index contributed by atoms with van der Waals surface area (Å²) in [5.41, 5.74) is 3.91. The van der Waals surface area contributed by atoms with E-state index in [4.69, 9.17) is 0 Å². The SMILES string of the molecule is CC(=O)Nc1ccc(Sc2cc(O)c(C)cc2Nc2ncnc3nc(C(C)C)ccc23)cc1. The Morgan fingerprint density at radius 2 is 1.82 bits per heavy atom. The highest BCUT2D eigenvalue weighted by Crippen LogP contribution is 2.39. The summed E-state index contributed by atoms with van der Waals surface area (Å²) < 4.78 is 0. The second kappa shape index (κ2) is 9.46. The first kappa shape index (κ1) is 22.5. The van der Waals surface area contributed by atoms with Gasteiger partial charge in [0.05, 0.1) is 11.1 Å². The van der Waals surface area contributed by atoms with Crippen molar-refractivity contribution in [3.05, 3.63) is 66.1 Å². The minimum Gasteiger partial charge on any atom is -0.508 e. The molecule has 1 amide bonds. The van der Waals surface area contributed by atoms with Crippen LogP contribution < -0.4 is 10.6 Å². The highest BCUT2D eigenvalue weighted by Gasteiger charge is 2.13. The molecule has 0 bridgehead atoms. The molecule has 8 heteroatoms. The normalized spacial score (nSPS) is 11.1. The molecule has 0 saturated heterocycles. The molecule has 168 valence electrons. The van der Waals surface area contributed by atoms with Crippen molar-refractivity contribution < 1.29 is 9.90 Å². The van der Waals surface area contributed by atoms with Crippen molar-refractivity contribution in [2.24, 2.45) is 0 Å². The van der Waals surface area contributed by atoms with Crippen LogP contribution in [-0.4, -0.2) is 26.0 Å². The Bertz CT molecular complexity index is 1320. The minimum atomic E-state index is -0.113. The molecule has 0 saturated carbocycles. The number of phenols is 1. The van der Waals surface area contributed by atoms with Gasteiger partial charge in [0, 0.05) is 28.1 Å². The van der Waals surface area contributed by atoms with Crippen LogP contribution in [-0.2, 0) is 4.79 Å². The molecular formula is C25H25N5O2S. The van der Waals surface area contributed by atoms with Crippen molar-refractivity contribution in [3.63, 3.8) is 0 Å². The van der Waals surface area contributed by atoms with E-state index >= 15 is 0 Å². The number of amides is 1. The molecule has 33 heavy (non-hydrogen) atoms. The predicted molar refractivity (Wildman–Crippen MR) is 132 cm³/mol. The van der Waals surface area contributed by atoms with Crippen LogP contribution in [0.25, 0.3) is 11.0 Å². The first-order valence-corrected chi connectivity index (χ1v) is 11.4. The van der Waals surface area contributed by atoms with Crippen LogP contribution in [0.4, 0.5) is 17.2 Å². The molecule has 0 aliphatic heterocycles. The fourth-order valence-electron chi connectivity index (χ4n) is 3.30. The van der Waals surface area contributed by atoms with Gasteiger partial charge < -0.3 is 15.7 Å². The highest BCUT2D eigenvalue weighted by atomic mass is 32.2. The van der Waals surface area contributed by atoms with Crippen LogP contribution in [0.3, 0.4) is 0 Å². The zero-order valence-electron chi connectivity index (χ0n) is 18.9. The number of carbonyl (C=O) groups is 1. The van der Waals surface area contributed by atoms with Crippen LogP contribution in [0.2, 0.25) is 0 Å². The van der Waals surface area contributed by atoms with Gasteiger partial charge in [-0.3, -0.25) is 4.79 Å². The zero-order chi connectivity index (χ0) is 23.5. The number of nitrogens with one attached hydrogen (secondary N) is 2. The van der Waals surface area contributed by atoms with E-state index in [2.05, 4.69) is 39.4 Å². The summed E-state index contributed by atoms with van der Waals surface area (Å²) in [5.74, 6) is 1.06. The summed E-state index contributed by atoms with van der Waals surface area (Å²) in [6.45, 7) is 7.53. The summed E-state index contributed by atoms with van der Waals surface area (Å²) in [6.07, 6.45) is 1.50. The average Bonchev–Trinajstić information content (AvgIpc) is 2.78. The molecule has 7 nitrogen and oxygen atoms in total. The topological polar surface area (TPSA) is 100 Å². The number of hydrogen-bond acceptors (Lipinski definition) is 7. The number of aromatic hydroxyl groups is 1. The first-order valence-electron chi connectivity index (χ1n) is 10.6. The van der Waals surface area contributed by atoms with Crippen LogP contribution in [0.5, 0.6) is 5.75 Å². The standard InChI is InChI=1S/C25H25N5O2S/c1-14(2)20-10-9-19-24(29-20)26-13-27-25(19)30-21-11-15(3)22(32)12-23(21)33-18-7-5-17(6-8-18)28-16(4)31/h5-14,32H,1-4H3,(H,28,31)(H,26,27,29,30). The molecule has 0 radical (unpaired) electrons. The number of benzene rings is 2. The van der Waals surface area contributed by atoms with E-state index in [9.17, 15) is 9.90 Å². The second-order valence-electron chi connectivity index (χ2n) is 8.05. The monoisotopic (exact) mass is 459 g/mol. The fraction of sp³-hybridized carbons (Fsp3) is 0.200. The lowest BCUT2D eigenvalue weighted by molar-refractivity contribution is -0.114. The summed E-state index contributed by atoms with van der Waals surface area (Å²) in [7, 11) is 0. The van der Waals surface area contributed by atoms with E-state index in [1.54, 1.807) is 6.07 Å². The fourth-order valence-corrected chi connectivity index (χ4v) is 4.22. The van der Waals surface area contributed by atoms with Crippen LogP contribution in [0.1, 0.15) is 37.9 Å². The van der Waals surface area contributed by atoms with Crippen molar-refractivity contribution in [3.8, 4) is 5.75 Å². The smallest absolute Gasteiger partial charge is 0.221 e. The highest BCUT2D eigenvalue weighted by molar-refractivity contribution is 7.99. The number of pyridine rings is 1. The summed E-state index contributed by atoms with van der Waals surface area (Å²) in [6, 6.07) is 15.2. The third-order valence-corrected chi connectivity index (χ3v) is 6.13. The van der Waals surface area contributed by atoms with Crippen LogP contribution >= 0.6 is 11.8 Å². The first-order chi connectivity index (χ1) is 15.8. The van der Waals surface area contributed by atoms with Gasteiger partial charge >= 0.3 is 0 Å². The van der Waals surface area contributed by atoms with E-state index < -0.39 is 0 Å². The van der Waals surface area contributed by atoms with Gasteiger partial charge in [0.2, 0.25) is 5.91 Å². The van der Waals surface area contributed by atoms with Crippen molar-refractivity contribution in [2.45, 2.75) is 43.4 Å². The molecule has 0 aliphatic carbocycles. The molecule has 4 aromatic rings. The number of nitrogens with zero attached hydrogens (tertiary/aromatic N) is 3. The molecule has 0 atom stereocenters. The maximum absolute atomic E-state index is 11.3. The van der Waals surface area contributed by atoms with Crippen LogP contribution in [0.15, 0.2) is 64.6 Å². The summed E-state index contributed by atoms with van der Waals surface area (Å²) >= 11 is 1.50. The Balaban J connectivity index is 1.67. The molecule has 0 unspecified atom stereocenters. The van der Waals surface area contributed by atoms with Gasteiger partial charge in [-0.25, -0.2) is 15.0 Å². The Labute approximate surface area is 196 Å². The second-order valence-corrected chi connectivity index (χ2v) is 9.17. The van der Waals surface area contributed by atoms with E-state index in [-0.39, 0.29) is 11.7 Å². The van der Waals surface area contributed by atoms with Crippen molar-refractivity contribution in [1.82, 2.24) is 15.0 Å². The van der Waals surface area contributed by atoms with Gasteiger partial charge in [-0.05, 0) is 66.9 Å². The van der Waals surface area contributed by atoms with Crippen molar-refractivity contribution in [2.75, 3.05) is 10.6 Å². The van der Waals surface area contributed by atoms with Crippen molar-refractivity contribution in [1.29, 1.82) is 0 Å². The number of phenolic OH excluding ortho intramolecular Hbond substituents is 1. The molecule has 0 spiro atoms. The minimum absolute atomic E-state index is 0.113. The molecule has 0 aliphatic rings. The van der Waals surface area contributed by atoms with Gasteiger partial charge in [-0.15, -0.1) is 0 Å². The lowest BCUT2D eigenvalue weighted by atomic mass is 10.1. The van der Waals surface area contributed by atoms with Gasteiger partial charge in [-0.2, -0.15) is 0 Å². The number of hydrogen-bond donors (Lipinski definition) is 3. The number of carbonyl (C=O) groups excluding carboxylic acids is 1. The van der Waals surface area contributed by atoms with Crippen LogP contribution in [0, 0.1) is 6.92 Å². The van der Waals surface area contributed by atoms with Crippen molar-refractivity contribution >= 4 is 45.9 Å². The maximum Gasteiger partial charge on any atom is 0.221 e. The Morgan fingerprint density at radius 1 is 1.06 bits per heavy atom. The summed E-state index contributed by atoms with van der Waals surface area (Å²) in [5, 5.41) is 17.3.